The van der Waals surface area contributed by atoms with Crippen molar-refractivity contribution >= 4 is 17.5 Å². The zero-order valence-electron chi connectivity index (χ0n) is 12.7. The Hall–Kier alpha value is -2.17. The van der Waals surface area contributed by atoms with Crippen molar-refractivity contribution in [3.8, 4) is 0 Å². The van der Waals surface area contributed by atoms with E-state index in [1.54, 1.807) is 0 Å². The van der Waals surface area contributed by atoms with Gasteiger partial charge < -0.3 is 4.90 Å². The van der Waals surface area contributed by atoms with Gasteiger partial charge in [-0.25, -0.2) is 5.43 Å². The first-order valence-corrected chi connectivity index (χ1v) is 7.91. The lowest BCUT2D eigenvalue weighted by Crippen LogP contribution is -2.34. The summed E-state index contributed by atoms with van der Waals surface area (Å²) in [6.07, 6.45) is 4.13. The molecule has 1 N–H and O–H groups in total. The molecule has 0 aliphatic carbocycles. The second-order valence-corrected chi connectivity index (χ2v) is 5.86. The van der Waals surface area contributed by atoms with E-state index in [9.17, 15) is 9.59 Å². The number of amides is 2. The lowest BCUT2D eigenvalue weighted by molar-refractivity contribution is -0.130. The number of hydrazone groups is 1. The van der Waals surface area contributed by atoms with Crippen LogP contribution in [0.1, 0.15) is 36.8 Å². The molecule has 0 saturated carbocycles. The maximum absolute atomic E-state index is 12.4. The molecule has 5 nitrogen and oxygen atoms in total. The molecule has 0 atom stereocenters. The zero-order valence-corrected chi connectivity index (χ0v) is 12.7. The van der Waals surface area contributed by atoms with Crippen LogP contribution in [0.3, 0.4) is 0 Å². The quantitative estimate of drug-likeness (QED) is 0.922. The fourth-order valence-electron chi connectivity index (χ4n) is 3.02. The van der Waals surface area contributed by atoms with Crippen molar-refractivity contribution in [3.05, 3.63) is 35.4 Å². The van der Waals surface area contributed by atoms with Gasteiger partial charge >= 0.3 is 0 Å². The van der Waals surface area contributed by atoms with E-state index in [-0.39, 0.29) is 11.8 Å². The topological polar surface area (TPSA) is 61.8 Å². The SMILES string of the molecule is O=C1CCC(CCC(=O)N2CCc3ccccc3CC2)=NN1. The van der Waals surface area contributed by atoms with Crippen molar-refractivity contribution in [2.75, 3.05) is 13.1 Å². The molecule has 0 unspecified atom stereocenters. The third-order valence-electron chi connectivity index (χ3n) is 4.38. The summed E-state index contributed by atoms with van der Waals surface area (Å²) in [5, 5.41) is 4.02. The average molecular weight is 299 g/mol. The van der Waals surface area contributed by atoms with Crippen LogP contribution < -0.4 is 5.43 Å². The minimum absolute atomic E-state index is 0.0413. The highest BCUT2D eigenvalue weighted by Gasteiger charge is 2.19. The summed E-state index contributed by atoms with van der Waals surface area (Å²) in [4.78, 5) is 25.4. The van der Waals surface area contributed by atoms with E-state index in [4.69, 9.17) is 0 Å². The first kappa shape index (κ1) is 14.8. The van der Waals surface area contributed by atoms with Crippen LogP contribution in [-0.4, -0.2) is 35.5 Å². The van der Waals surface area contributed by atoms with Crippen LogP contribution in [0.4, 0.5) is 0 Å². The van der Waals surface area contributed by atoms with Crippen molar-refractivity contribution < 1.29 is 9.59 Å². The summed E-state index contributed by atoms with van der Waals surface area (Å²) in [6.45, 7) is 1.58. The van der Waals surface area contributed by atoms with Gasteiger partial charge in [-0.3, -0.25) is 9.59 Å². The molecule has 1 aromatic rings. The third kappa shape index (κ3) is 3.53. The molecular formula is C17H21N3O2. The lowest BCUT2D eigenvalue weighted by Gasteiger charge is -2.20. The van der Waals surface area contributed by atoms with Crippen LogP contribution in [-0.2, 0) is 22.4 Å². The van der Waals surface area contributed by atoms with Crippen LogP contribution in [0.2, 0.25) is 0 Å². The maximum Gasteiger partial charge on any atom is 0.240 e. The minimum atomic E-state index is -0.0413. The Morgan fingerprint density at radius 3 is 2.36 bits per heavy atom. The predicted octanol–water partition coefficient (Wildman–Crippen LogP) is 1.66. The molecule has 22 heavy (non-hydrogen) atoms. The number of rotatable bonds is 3. The van der Waals surface area contributed by atoms with E-state index in [1.165, 1.54) is 11.1 Å². The standard InChI is InChI=1S/C17H21N3O2/c21-16-7-5-15(18-19-16)6-8-17(22)20-11-9-13-3-1-2-4-14(13)10-12-20/h1-4H,5-12H2,(H,19,21). The number of fused-ring (bicyclic) bond motifs is 1. The van der Waals surface area contributed by atoms with E-state index in [2.05, 4.69) is 34.8 Å². The Labute approximate surface area is 130 Å². The van der Waals surface area contributed by atoms with Crippen molar-refractivity contribution in [1.82, 2.24) is 10.3 Å². The van der Waals surface area contributed by atoms with Gasteiger partial charge in [0.15, 0.2) is 0 Å². The number of benzene rings is 1. The molecule has 2 aliphatic rings. The highest BCUT2D eigenvalue weighted by atomic mass is 16.2. The fraction of sp³-hybridized carbons (Fsp3) is 0.471. The van der Waals surface area contributed by atoms with E-state index in [1.807, 2.05) is 4.90 Å². The first-order chi connectivity index (χ1) is 10.7. The van der Waals surface area contributed by atoms with Crippen LogP contribution in [0.15, 0.2) is 29.4 Å². The second-order valence-electron chi connectivity index (χ2n) is 5.86. The highest BCUT2D eigenvalue weighted by Crippen LogP contribution is 2.16. The Morgan fingerprint density at radius 1 is 1.09 bits per heavy atom. The van der Waals surface area contributed by atoms with Gasteiger partial charge in [0.25, 0.3) is 0 Å². The molecular weight excluding hydrogens is 278 g/mol. The van der Waals surface area contributed by atoms with Gasteiger partial charge in [-0.2, -0.15) is 5.10 Å². The average Bonchev–Trinajstić information content (AvgIpc) is 2.77. The number of hydrogen-bond acceptors (Lipinski definition) is 3. The summed E-state index contributed by atoms with van der Waals surface area (Å²) < 4.78 is 0. The molecule has 2 aliphatic heterocycles. The summed E-state index contributed by atoms with van der Waals surface area (Å²) in [5.41, 5.74) is 6.12. The number of nitrogens with one attached hydrogen (secondary N) is 1. The van der Waals surface area contributed by atoms with Crippen molar-refractivity contribution in [3.63, 3.8) is 0 Å². The number of carbonyl (C=O) groups is 2. The van der Waals surface area contributed by atoms with Gasteiger partial charge in [0, 0.05) is 31.6 Å². The molecule has 116 valence electrons. The van der Waals surface area contributed by atoms with Crippen molar-refractivity contribution in [1.29, 1.82) is 0 Å². The van der Waals surface area contributed by atoms with Crippen LogP contribution >= 0.6 is 0 Å². The Morgan fingerprint density at radius 2 is 1.77 bits per heavy atom. The molecule has 0 saturated heterocycles. The van der Waals surface area contributed by atoms with Crippen LogP contribution in [0.5, 0.6) is 0 Å². The van der Waals surface area contributed by atoms with Gasteiger partial charge in [-0.05, 0) is 36.8 Å². The molecule has 1 aromatic carbocycles. The molecule has 0 bridgehead atoms. The molecule has 0 spiro atoms. The van der Waals surface area contributed by atoms with E-state index in [0.717, 1.165) is 31.6 Å². The largest absolute Gasteiger partial charge is 0.342 e. The molecule has 0 aromatic heterocycles. The molecule has 0 fully saturated rings. The Balaban J connectivity index is 1.52. The fourth-order valence-corrected chi connectivity index (χ4v) is 3.02. The predicted molar refractivity (Wildman–Crippen MR) is 84.5 cm³/mol. The smallest absolute Gasteiger partial charge is 0.240 e. The van der Waals surface area contributed by atoms with E-state index < -0.39 is 0 Å². The number of hydrogen-bond donors (Lipinski definition) is 1. The number of carbonyl (C=O) groups excluding carboxylic acids is 2. The number of nitrogens with zero attached hydrogens (tertiary/aromatic N) is 2. The maximum atomic E-state index is 12.4. The summed E-state index contributed by atoms with van der Waals surface area (Å²) in [7, 11) is 0. The van der Waals surface area contributed by atoms with Gasteiger partial charge in [0.1, 0.15) is 0 Å². The van der Waals surface area contributed by atoms with Gasteiger partial charge in [-0.1, -0.05) is 24.3 Å². The third-order valence-corrected chi connectivity index (χ3v) is 4.38. The van der Waals surface area contributed by atoms with Gasteiger partial charge in [0.05, 0.1) is 0 Å². The van der Waals surface area contributed by atoms with E-state index in [0.29, 0.717) is 25.7 Å². The Bertz CT molecular complexity index is 583. The molecule has 3 rings (SSSR count). The monoisotopic (exact) mass is 299 g/mol. The molecule has 5 heteroatoms. The van der Waals surface area contributed by atoms with Crippen LogP contribution in [0, 0.1) is 0 Å². The van der Waals surface area contributed by atoms with Crippen LogP contribution in [0.25, 0.3) is 0 Å². The lowest BCUT2D eigenvalue weighted by atomic mass is 10.0. The van der Waals surface area contributed by atoms with Gasteiger partial charge in [-0.15, -0.1) is 0 Å². The summed E-state index contributed by atoms with van der Waals surface area (Å²) in [5.74, 6) is 0.146. The highest BCUT2D eigenvalue weighted by molar-refractivity contribution is 5.94. The van der Waals surface area contributed by atoms with Crippen molar-refractivity contribution in [2.45, 2.75) is 38.5 Å². The van der Waals surface area contributed by atoms with Crippen molar-refractivity contribution in [2.24, 2.45) is 5.10 Å². The summed E-state index contributed by atoms with van der Waals surface area (Å²) in [6, 6.07) is 8.43. The zero-order chi connectivity index (χ0) is 15.4. The normalized spacial score (nSPS) is 18.1. The molecule has 0 radical (unpaired) electrons. The minimum Gasteiger partial charge on any atom is -0.342 e. The Kier molecular flexibility index (Phi) is 4.51. The van der Waals surface area contributed by atoms with E-state index >= 15 is 0 Å². The van der Waals surface area contributed by atoms with Gasteiger partial charge in [0.2, 0.25) is 11.8 Å². The second kappa shape index (κ2) is 6.73. The first-order valence-electron chi connectivity index (χ1n) is 7.91. The molecule has 2 amide bonds. The summed E-state index contributed by atoms with van der Waals surface area (Å²) >= 11 is 0. The molecule has 2 heterocycles.